The molecule has 2 aromatic heterocycles. The van der Waals surface area contributed by atoms with Crippen LogP contribution in [0.1, 0.15) is 42.4 Å². The number of nitrogens with zero attached hydrogens (tertiary/aromatic N) is 2. The van der Waals surface area contributed by atoms with Crippen LogP contribution in [0.4, 0.5) is 0 Å². The van der Waals surface area contributed by atoms with E-state index in [1.165, 1.54) is 5.56 Å². The Hall–Kier alpha value is -2.18. The summed E-state index contributed by atoms with van der Waals surface area (Å²) in [6.07, 6.45) is 2.82. The van der Waals surface area contributed by atoms with Gasteiger partial charge in [0, 0.05) is 22.8 Å². The maximum Gasteiger partial charge on any atom is 0.170 e. The van der Waals surface area contributed by atoms with E-state index in [0.717, 1.165) is 45.3 Å². The first-order valence-electron chi connectivity index (χ1n) is 9.43. The van der Waals surface area contributed by atoms with Crippen LogP contribution in [0.15, 0.2) is 63.6 Å². The smallest absolute Gasteiger partial charge is 0.170 e. The molecule has 144 valence electrons. The highest BCUT2D eigenvalue weighted by Gasteiger charge is 2.41. The summed E-state index contributed by atoms with van der Waals surface area (Å²) in [6.45, 7) is 5.10. The van der Waals surface area contributed by atoms with Crippen LogP contribution >= 0.6 is 28.1 Å². The molecule has 1 aromatic carbocycles. The summed E-state index contributed by atoms with van der Waals surface area (Å²) in [5, 5.41) is 4.19. The number of benzene rings is 1. The van der Waals surface area contributed by atoms with E-state index in [4.69, 9.17) is 16.6 Å². The standard InChI is InChI=1S/C22H22BrN3OS/c1-3-12-26-21(20(25-22(26)28)17-6-4-5-11-24-17)19-10-9-18(27-19)15-8-7-14(2)13-16(15)23/h4-11,13,20-21H,3,12H2,1-2H3,(H,25,28)/t20-,21+/m0/s1. The quantitative estimate of drug-likeness (QED) is 0.492. The molecule has 4 rings (SSSR count). The minimum Gasteiger partial charge on any atom is -0.459 e. The molecule has 0 bridgehead atoms. The number of pyridine rings is 1. The van der Waals surface area contributed by atoms with Crippen molar-refractivity contribution in [3.63, 3.8) is 0 Å². The van der Waals surface area contributed by atoms with E-state index >= 15 is 0 Å². The van der Waals surface area contributed by atoms with Crippen LogP contribution in [0.25, 0.3) is 11.3 Å². The fourth-order valence-corrected chi connectivity index (χ4v) is 4.69. The van der Waals surface area contributed by atoms with Crippen molar-refractivity contribution in [2.75, 3.05) is 6.54 Å². The van der Waals surface area contributed by atoms with E-state index in [1.807, 2.05) is 30.5 Å². The normalized spacial score (nSPS) is 19.1. The van der Waals surface area contributed by atoms with Crippen molar-refractivity contribution in [3.8, 4) is 11.3 Å². The Morgan fingerprint density at radius 1 is 1.21 bits per heavy atom. The monoisotopic (exact) mass is 455 g/mol. The fraction of sp³-hybridized carbons (Fsp3) is 0.273. The Balaban J connectivity index is 1.73. The van der Waals surface area contributed by atoms with Gasteiger partial charge in [-0.15, -0.1) is 0 Å². The molecule has 28 heavy (non-hydrogen) atoms. The van der Waals surface area contributed by atoms with Crippen molar-refractivity contribution in [1.82, 2.24) is 15.2 Å². The first-order chi connectivity index (χ1) is 13.6. The zero-order valence-electron chi connectivity index (χ0n) is 15.9. The number of halogens is 1. The summed E-state index contributed by atoms with van der Waals surface area (Å²) in [5.41, 5.74) is 3.21. The van der Waals surface area contributed by atoms with Crippen molar-refractivity contribution < 1.29 is 4.42 Å². The second-order valence-corrected chi connectivity index (χ2v) is 8.25. The number of aryl methyl sites for hydroxylation is 1. The van der Waals surface area contributed by atoms with Crippen molar-refractivity contribution in [3.05, 3.63) is 76.2 Å². The molecule has 1 aliphatic rings. The molecule has 4 nitrogen and oxygen atoms in total. The van der Waals surface area contributed by atoms with Gasteiger partial charge in [0.1, 0.15) is 17.6 Å². The van der Waals surface area contributed by atoms with Gasteiger partial charge < -0.3 is 14.6 Å². The number of hydrogen-bond donors (Lipinski definition) is 1. The zero-order valence-corrected chi connectivity index (χ0v) is 18.3. The first-order valence-corrected chi connectivity index (χ1v) is 10.6. The third-order valence-electron chi connectivity index (χ3n) is 4.97. The van der Waals surface area contributed by atoms with Gasteiger partial charge >= 0.3 is 0 Å². The highest BCUT2D eigenvalue weighted by atomic mass is 79.9. The third-order valence-corrected chi connectivity index (χ3v) is 5.98. The van der Waals surface area contributed by atoms with Crippen LogP contribution in [0.2, 0.25) is 0 Å². The number of hydrogen-bond acceptors (Lipinski definition) is 3. The molecule has 0 amide bonds. The van der Waals surface area contributed by atoms with Crippen molar-refractivity contribution in [1.29, 1.82) is 0 Å². The van der Waals surface area contributed by atoms with Gasteiger partial charge in [0.2, 0.25) is 0 Å². The second kappa shape index (κ2) is 8.05. The van der Waals surface area contributed by atoms with Gasteiger partial charge in [-0.25, -0.2) is 0 Å². The molecule has 0 spiro atoms. The van der Waals surface area contributed by atoms with Crippen molar-refractivity contribution in [2.24, 2.45) is 0 Å². The minimum atomic E-state index is -0.0410. The van der Waals surface area contributed by atoms with E-state index in [0.29, 0.717) is 0 Å². The van der Waals surface area contributed by atoms with Gasteiger partial charge in [-0.05, 0) is 67.5 Å². The Morgan fingerprint density at radius 3 is 2.79 bits per heavy atom. The Morgan fingerprint density at radius 2 is 2.07 bits per heavy atom. The number of thiocarbonyl (C=S) groups is 1. The molecule has 1 N–H and O–H groups in total. The van der Waals surface area contributed by atoms with Crippen LogP contribution in [0, 0.1) is 6.92 Å². The van der Waals surface area contributed by atoms with Gasteiger partial charge in [-0.1, -0.05) is 35.0 Å². The molecule has 1 saturated heterocycles. The summed E-state index contributed by atoms with van der Waals surface area (Å²) in [6, 6.07) is 16.3. The van der Waals surface area contributed by atoms with Crippen LogP contribution in [-0.4, -0.2) is 21.5 Å². The molecular formula is C22H22BrN3OS. The lowest BCUT2D eigenvalue weighted by Crippen LogP contribution is -2.30. The van der Waals surface area contributed by atoms with E-state index in [1.54, 1.807) is 0 Å². The summed E-state index contributed by atoms with van der Waals surface area (Å²) in [4.78, 5) is 6.77. The van der Waals surface area contributed by atoms with E-state index in [-0.39, 0.29) is 12.1 Å². The van der Waals surface area contributed by atoms with Crippen molar-refractivity contribution in [2.45, 2.75) is 32.4 Å². The lowest BCUT2D eigenvalue weighted by atomic mass is 10.0. The van der Waals surface area contributed by atoms with E-state index in [9.17, 15) is 0 Å². The topological polar surface area (TPSA) is 41.3 Å². The predicted molar refractivity (Wildman–Crippen MR) is 119 cm³/mol. The van der Waals surface area contributed by atoms with E-state index < -0.39 is 0 Å². The molecule has 1 aliphatic heterocycles. The maximum atomic E-state index is 6.35. The number of nitrogens with one attached hydrogen (secondary N) is 1. The Labute approximate surface area is 179 Å². The van der Waals surface area contributed by atoms with Gasteiger partial charge in [-0.3, -0.25) is 4.98 Å². The average molecular weight is 456 g/mol. The lowest BCUT2D eigenvalue weighted by Gasteiger charge is -2.25. The van der Waals surface area contributed by atoms with Gasteiger partial charge in [0.15, 0.2) is 5.11 Å². The molecule has 0 unspecified atom stereocenters. The number of aromatic nitrogens is 1. The molecule has 0 saturated carbocycles. The molecular weight excluding hydrogens is 434 g/mol. The van der Waals surface area contributed by atoms with Gasteiger partial charge in [0.25, 0.3) is 0 Å². The third kappa shape index (κ3) is 3.59. The van der Waals surface area contributed by atoms with Crippen LogP contribution in [0.3, 0.4) is 0 Å². The second-order valence-electron chi connectivity index (χ2n) is 7.01. The van der Waals surface area contributed by atoms with Gasteiger partial charge in [0.05, 0.1) is 11.7 Å². The lowest BCUT2D eigenvalue weighted by molar-refractivity contribution is 0.275. The van der Waals surface area contributed by atoms with Crippen LogP contribution < -0.4 is 5.32 Å². The first kappa shape index (κ1) is 19.2. The number of furan rings is 1. The average Bonchev–Trinajstić information content (AvgIpc) is 3.28. The highest BCUT2D eigenvalue weighted by Crippen LogP contribution is 2.41. The summed E-state index contributed by atoms with van der Waals surface area (Å²) in [7, 11) is 0. The molecule has 0 radical (unpaired) electrons. The van der Waals surface area contributed by atoms with Crippen LogP contribution in [0.5, 0.6) is 0 Å². The Bertz CT molecular complexity index is 988. The summed E-state index contributed by atoms with van der Waals surface area (Å²) < 4.78 is 7.38. The van der Waals surface area contributed by atoms with E-state index in [2.05, 4.69) is 69.2 Å². The van der Waals surface area contributed by atoms with Crippen LogP contribution in [-0.2, 0) is 0 Å². The molecule has 3 heterocycles. The summed E-state index contributed by atoms with van der Waals surface area (Å²) >= 11 is 9.29. The fourth-order valence-electron chi connectivity index (χ4n) is 3.67. The van der Waals surface area contributed by atoms with Crippen molar-refractivity contribution >= 4 is 33.3 Å². The molecule has 0 aliphatic carbocycles. The Kier molecular flexibility index (Phi) is 5.51. The predicted octanol–water partition coefficient (Wildman–Crippen LogP) is 5.80. The van der Waals surface area contributed by atoms with Gasteiger partial charge in [-0.2, -0.15) is 0 Å². The highest BCUT2D eigenvalue weighted by molar-refractivity contribution is 9.10. The zero-order chi connectivity index (χ0) is 19.7. The summed E-state index contributed by atoms with van der Waals surface area (Å²) in [5.74, 6) is 1.73. The minimum absolute atomic E-state index is 0.0275. The molecule has 6 heteroatoms. The number of rotatable bonds is 5. The SMILES string of the molecule is CCCN1C(=S)N[C@@H](c2ccccn2)[C@H]1c1ccc(-c2ccc(C)cc2Br)o1. The molecule has 2 atom stereocenters. The molecule has 3 aromatic rings. The largest absolute Gasteiger partial charge is 0.459 e. The maximum absolute atomic E-state index is 6.35. The molecule has 1 fully saturated rings.